The summed E-state index contributed by atoms with van der Waals surface area (Å²) in [4.78, 5) is 2.98. The van der Waals surface area contributed by atoms with E-state index in [-0.39, 0.29) is 0 Å². The monoisotopic (exact) mass is 204 g/mol. The second-order valence-electron chi connectivity index (χ2n) is 4.02. The second-order valence-corrected chi connectivity index (χ2v) is 5.19. The molecule has 1 aliphatic carbocycles. The molecule has 0 nitrogen and oxygen atoms in total. The van der Waals surface area contributed by atoms with Crippen LogP contribution in [0.2, 0.25) is 0 Å². The summed E-state index contributed by atoms with van der Waals surface area (Å²) in [5.41, 5.74) is 1.67. The summed E-state index contributed by atoms with van der Waals surface area (Å²) in [6, 6.07) is 10.7. The van der Waals surface area contributed by atoms with Crippen molar-refractivity contribution in [3.05, 3.63) is 40.8 Å². The molecule has 1 heteroatoms. The van der Waals surface area contributed by atoms with E-state index in [1.54, 1.807) is 10.5 Å². The third-order valence-corrected chi connectivity index (χ3v) is 3.88. The van der Waals surface area contributed by atoms with Gasteiger partial charge in [0.2, 0.25) is 0 Å². The van der Waals surface area contributed by atoms with E-state index in [1.807, 2.05) is 11.8 Å². The first-order valence-electron chi connectivity index (χ1n) is 5.22. The Balaban J connectivity index is 2.10. The van der Waals surface area contributed by atoms with Crippen LogP contribution in [0.4, 0.5) is 0 Å². The van der Waals surface area contributed by atoms with Crippen LogP contribution in [0.25, 0.3) is 0 Å². The minimum Gasteiger partial charge on any atom is -0.0946 e. The number of thioether (sulfide) groups is 1. The van der Waals surface area contributed by atoms with Gasteiger partial charge in [0.1, 0.15) is 0 Å². The minimum absolute atomic E-state index is 0.731. The largest absolute Gasteiger partial charge is 0.0946 e. The fourth-order valence-electron chi connectivity index (χ4n) is 1.73. The Hall–Kier alpha value is -0.690. The van der Waals surface area contributed by atoms with Crippen molar-refractivity contribution in [1.29, 1.82) is 0 Å². The Bertz CT molecular complexity index is 336. The van der Waals surface area contributed by atoms with E-state index >= 15 is 0 Å². The van der Waals surface area contributed by atoms with E-state index in [0.717, 1.165) is 5.92 Å². The molecule has 74 valence electrons. The molecule has 0 radical (unpaired) electrons. The summed E-state index contributed by atoms with van der Waals surface area (Å²) < 4.78 is 0. The van der Waals surface area contributed by atoms with Crippen molar-refractivity contribution in [1.82, 2.24) is 0 Å². The van der Waals surface area contributed by atoms with Gasteiger partial charge in [0.15, 0.2) is 0 Å². The van der Waals surface area contributed by atoms with Crippen LogP contribution in [0.5, 0.6) is 0 Å². The molecule has 1 aliphatic rings. The maximum absolute atomic E-state index is 2.29. The van der Waals surface area contributed by atoms with Crippen molar-refractivity contribution in [3.63, 3.8) is 0 Å². The summed E-state index contributed by atoms with van der Waals surface area (Å²) in [6.07, 6.45) is 2.60. The summed E-state index contributed by atoms with van der Waals surface area (Å²) in [7, 11) is 0. The highest BCUT2D eigenvalue weighted by Crippen LogP contribution is 2.43. The zero-order valence-corrected chi connectivity index (χ0v) is 9.60. The quantitative estimate of drug-likeness (QED) is 0.699. The van der Waals surface area contributed by atoms with Crippen LogP contribution in [0.15, 0.2) is 45.7 Å². The van der Waals surface area contributed by atoms with E-state index in [9.17, 15) is 0 Å². The average Bonchev–Trinajstić information content (AvgIpc) is 2.13. The van der Waals surface area contributed by atoms with Crippen molar-refractivity contribution >= 4 is 11.8 Å². The Morgan fingerprint density at radius 3 is 2.29 bits per heavy atom. The molecule has 0 heterocycles. The van der Waals surface area contributed by atoms with Crippen LogP contribution in [-0.2, 0) is 0 Å². The minimum atomic E-state index is 0.731. The van der Waals surface area contributed by atoms with Gasteiger partial charge in [-0.1, -0.05) is 49.4 Å². The first-order valence-corrected chi connectivity index (χ1v) is 6.04. The van der Waals surface area contributed by atoms with Gasteiger partial charge >= 0.3 is 0 Å². The Kier molecular flexibility index (Phi) is 2.97. The lowest BCUT2D eigenvalue weighted by Gasteiger charge is -2.26. The molecular weight excluding hydrogens is 188 g/mol. The molecule has 0 unspecified atom stereocenters. The molecule has 0 aromatic heterocycles. The number of hydrogen-bond acceptors (Lipinski definition) is 1. The molecule has 0 spiro atoms. The maximum Gasteiger partial charge on any atom is 0.0119 e. The van der Waals surface area contributed by atoms with Crippen LogP contribution in [-0.4, -0.2) is 0 Å². The van der Waals surface area contributed by atoms with Gasteiger partial charge in [-0.2, -0.15) is 0 Å². The van der Waals surface area contributed by atoms with Crippen molar-refractivity contribution in [2.45, 2.75) is 31.6 Å². The molecule has 2 rings (SSSR count). The lowest BCUT2D eigenvalue weighted by atomic mass is 9.89. The second kappa shape index (κ2) is 4.22. The van der Waals surface area contributed by atoms with Crippen LogP contribution in [0.1, 0.15) is 26.7 Å². The van der Waals surface area contributed by atoms with E-state index in [0.29, 0.717) is 0 Å². The molecule has 0 saturated carbocycles. The maximum atomic E-state index is 2.29. The van der Waals surface area contributed by atoms with Crippen LogP contribution >= 0.6 is 11.8 Å². The van der Waals surface area contributed by atoms with Gasteiger partial charge < -0.3 is 0 Å². The van der Waals surface area contributed by atoms with Gasteiger partial charge in [0.25, 0.3) is 0 Å². The average molecular weight is 204 g/mol. The first kappa shape index (κ1) is 9.85. The van der Waals surface area contributed by atoms with Gasteiger partial charge in [-0.3, -0.25) is 0 Å². The molecule has 0 N–H and O–H groups in total. The molecule has 0 bridgehead atoms. The predicted molar refractivity (Wildman–Crippen MR) is 63.4 cm³/mol. The molecule has 0 amide bonds. The highest BCUT2D eigenvalue weighted by atomic mass is 32.2. The van der Waals surface area contributed by atoms with Gasteiger partial charge in [0, 0.05) is 4.90 Å². The highest BCUT2D eigenvalue weighted by Gasteiger charge is 2.20. The van der Waals surface area contributed by atoms with Gasteiger partial charge in [-0.05, 0) is 35.8 Å². The van der Waals surface area contributed by atoms with Crippen molar-refractivity contribution in [2.75, 3.05) is 0 Å². The van der Waals surface area contributed by atoms with Crippen molar-refractivity contribution in [3.8, 4) is 0 Å². The normalized spacial score (nSPS) is 15.9. The lowest BCUT2D eigenvalue weighted by molar-refractivity contribution is 0.657. The molecule has 0 atom stereocenters. The zero-order valence-electron chi connectivity index (χ0n) is 8.79. The summed E-state index contributed by atoms with van der Waals surface area (Å²) >= 11 is 1.95. The summed E-state index contributed by atoms with van der Waals surface area (Å²) in [6.45, 7) is 4.58. The fourth-order valence-corrected chi connectivity index (χ4v) is 2.98. The van der Waals surface area contributed by atoms with E-state index < -0.39 is 0 Å². The Labute approximate surface area is 90.4 Å². The molecule has 14 heavy (non-hydrogen) atoms. The first-order chi connectivity index (χ1) is 6.77. The number of hydrogen-bond donors (Lipinski definition) is 0. The third-order valence-electron chi connectivity index (χ3n) is 2.66. The molecule has 1 aromatic carbocycles. The van der Waals surface area contributed by atoms with Crippen LogP contribution in [0, 0.1) is 5.92 Å². The van der Waals surface area contributed by atoms with E-state index in [1.165, 1.54) is 17.7 Å². The molecule has 0 saturated heterocycles. The smallest absolute Gasteiger partial charge is 0.0119 e. The number of benzene rings is 1. The molecule has 1 aromatic rings. The van der Waals surface area contributed by atoms with Gasteiger partial charge in [-0.25, -0.2) is 0 Å². The lowest BCUT2D eigenvalue weighted by Crippen LogP contribution is -2.07. The van der Waals surface area contributed by atoms with E-state index in [2.05, 4.69) is 44.2 Å². The summed E-state index contributed by atoms with van der Waals surface area (Å²) in [5.74, 6) is 0.731. The summed E-state index contributed by atoms with van der Waals surface area (Å²) in [5, 5.41) is 0. The number of allylic oxidation sites excluding steroid dienone is 2. The van der Waals surface area contributed by atoms with Crippen LogP contribution < -0.4 is 0 Å². The standard InChI is InChI=1S/C13H16S/c1-10(2)12-8-9-13(12)14-11-6-4-3-5-7-11/h3-7,10H,8-9H2,1-2H3. The Morgan fingerprint density at radius 1 is 1.07 bits per heavy atom. The predicted octanol–water partition coefficient (Wildman–Crippen LogP) is 4.48. The van der Waals surface area contributed by atoms with Crippen molar-refractivity contribution < 1.29 is 0 Å². The molecule has 0 fully saturated rings. The zero-order chi connectivity index (χ0) is 9.97. The van der Waals surface area contributed by atoms with Gasteiger partial charge in [0.05, 0.1) is 0 Å². The molecular formula is C13H16S. The highest BCUT2D eigenvalue weighted by molar-refractivity contribution is 8.03. The SMILES string of the molecule is CC(C)C1=C(Sc2ccccc2)CC1. The van der Waals surface area contributed by atoms with Gasteiger partial charge in [-0.15, -0.1) is 0 Å². The Morgan fingerprint density at radius 2 is 1.79 bits per heavy atom. The van der Waals surface area contributed by atoms with E-state index in [4.69, 9.17) is 0 Å². The number of rotatable bonds is 3. The topological polar surface area (TPSA) is 0 Å². The van der Waals surface area contributed by atoms with Crippen molar-refractivity contribution in [2.24, 2.45) is 5.92 Å². The van der Waals surface area contributed by atoms with Crippen LogP contribution in [0.3, 0.4) is 0 Å². The third kappa shape index (κ3) is 2.03. The molecule has 0 aliphatic heterocycles. The fraction of sp³-hybridized carbons (Fsp3) is 0.385.